The third-order valence-electron chi connectivity index (χ3n) is 13.3. The van der Waals surface area contributed by atoms with Crippen molar-refractivity contribution in [3.63, 3.8) is 0 Å². The number of carbonyl (C=O) groups excluding carboxylic acids is 1. The average Bonchev–Trinajstić information content (AvgIpc) is 4.11. The van der Waals surface area contributed by atoms with Crippen molar-refractivity contribution in [1.29, 1.82) is 0 Å². The van der Waals surface area contributed by atoms with Crippen LogP contribution >= 0.6 is 0 Å². The zero-order valence-electron chi connectivity index (χ0n) is 38.7. The summed E-state index contributed by atoms with van der Waals surface area (Å²) in [5.41, 5.74) is 8.78. The molecule has 15 nitrogen and oxygen atoms in total. The number of hydrogen-bond acceptors (Lipinski definition) is 12. The summed E-state index contributed by atoms with van der Waals surface area (Å²) in [7, 11) is 1.52. The van der Waals surface area contributed by atoms with Crippen molar-refractivity contribution in [1.82, 2.24) is 29.6 Å². The summed E-state index contributed by atoms with van der Waals surface area (Å²) in [5, 5.41) is 4.15. The number of rotatable bonds is 14. The lowest BCUT2D eigenvalue weighted by molar-refractivity contribution is -0.117. The highest BCUT2D eigenvalue weighted by atomic mass is 19.1. The number of nitrogens with two attached hydrogens (primary N) is 1. The average molecular weight is 953 g/mol. The lowest BCUT2D eigenvalue weighted by atomic mass is 9.75. The summed E-state index contributed by atoms with van der Waals surface area (Å²) in [5.74, 6) is -0.676. The van der Waals surface area contributed by atoms with Gasteiger partial charge in [-0.1, -0.05) is 18.2 Å². The molecule has 4 atom stereocenters. The molecule has 3 saturated heterocycles. The molecule has 18 heteroatoms. The maximum absolute atomic E-state index is 15.2. The number of halogens is 3. The Labute approximate surface area is 402 Å². The second-order valence-corrected chi connectivity index (χ2v) is 17.7. The Hall–Kier alpha value is -7.70. The molecule has 6 heterocycles. The first-order chi connectivity index (χ1) is 34.0. The largest absolute Gasteiger partial charge is 0.493 e. The van der Waals surface area contributed by atoms with Crippen LogP contribution in [-0.4, -0.2) is 94.5 Å². The molecule has 2 N–H and O–H groups in total. The SMILES string of the molecule is COc1ccc(C2(c3ccc(F)cc3)C(c3ccncc3)N(c3ccc(N4CCN(c5ccc(OC[C@H]6OC[C@](Cn7cncn7)(c7ccc(F)cc7F)O6)cc5)CC4)cc3)C(=O)N2C(C)C)nc1N. The highest BCUT2D eigenvalue weighted by Gasteiger charge is 2.62. The van der Waals surface area contributed by atoms with E-state index in [1.807, 2.05) is 85.5 Å². The van der Waals surface area contributed by atoms with Crippen molar-refractivity contribution in [2.75, 3.05) is 66.9 Å². The molecule has 4 aromatic carbocycles. The molecule has 0 saturated carbocycles. The number of pyridine rings is 2. The summed E-state index contributed by atoms with van der Waals surface area (Å²) < 4.78 is 68.9. The maximum atomic E-state index is 15.2. The molecule has 70 heavy (non-hydrogen) atoms. The van der Waals surface area contributed by atoms with Crippen molar-refractivity contribution in [2.45, 2.75) is 49.9 Å². The Kier molecular flexibility index (Phi) is 12.5. The van der Waals surface area contributed by atoms with Gasteiger partial charge in [0.25, 0.3) is 0 Å². The van der Waals surface area contributed by atoms with Crippen LogP contribution in [0.4, 0.5) is 40.8 Å². The quantitative estimate of drug-likeness (QED) is 0.112. The number of hydrogen-bond donors (Lipinski definition) is 1. The number of carbonyl (C=O) groups is 1. The molecule has 0 spiro atoms. The first-order valence-corrected chi connectivity index (χ1v) is 23.0. The maximum Gasteiger partial charge on any atom is 0.326 e. The monoisotopic (exact) mass is 952 g/mol. The van der Waals surface area contributed by atoms with Crippen molar-refractivity contribution in [2.24, 2.45) is 0 Å². The predicted octanol–water partition coefficient (Wildman–Crippen LogP) is 8.09. The lowest BCUT2D eigenvalue weighted by Gasteiger charge is -2.43. The van der Waals surface area contributed by atoms with Gasteiger partial charge in [0.2, 0.25) is 0 Å². The molecule has 0 radical (unpaired) electrons. The van der Waals surface area contributed by atoms with Gasteiger partial charge < -0.3 is 39.4 Å². The molecular weight excluding hydrogens is 902 g/mol. The van der Waals surface area contributed by atoms with E-state index in [2.05, 4.69) is 24.9 Å². The standard InChI is InChI=1S/C52H51F3N10O5/c1-34(2)65-50(66)64(48(35-20-22-57-23-21-35)52(65,36-4-6-37(53)7-5-36)46-19-18-45(67-3)49(56)60-46)41-11-9-39(10-12-41)61-24-26-62(27-25-61)40-13-15-42(16-14-40)68-29-47-69-31-51(70-47,30-63-33-58-32-59-63)43-17-8-38(54)28-44(43)55/h4-23,28,32-34,47-48H,24-27,29-31H2,1-3H3,(H2,56,60)/t47-,48?,51+,52?/m0/s1. The molecule has 2 amide bonds. The number of methoxy groups -OCH3 is 1. The van der Waals surface area contributed by atoms with Crippen LogP contribution in [0.3, 0.4) is 0 Å². The minimum Gasteiger partial charge on any atom is -0.493 e. The second-order valence-electron chi connectivity index (χ2n) is 17.7. The van der Waals surface area contributed by atoms with E-state index in [-0.39, 0.29) is 43.2 Å². The third-order valence-corrected chi connectivity index (χ3v) is 13.3. The van der Waals surface area contributed by atoms with Gasteiger partial charge in [-0.2, -0.15) is 5.10 Å². The Morgan fingerprint density at radius 2 is 1.46 bits per heavy atom. The van der Waals surface area contributed by atoms with Gasteiger partial charge in [0.05, 0.1) is 32.0 Å². The lowest BCUT2D eigenvalue weighted by Crippen LogP contribution is -2.50. The highest BCUT2D eigenvalue weighted by molar-refractivity contribution is 5.98. The van der Waals surface area contributed by atoms with E-state index in [4.69, 9.17) is 29.7 Å². The van der Waals surface area contributed by atoms with Crippen LogP contribution in [0.2, 0.25) is 0 Å². The van der Waals surface area contributed by atoms with Gasteiger partial charge in [0.1, 0.15) is 53.6 Å². The van der Waals surface area contributed by atoms with E-state index in [9.17, 15) is 8.78 Å². The van der Waals surface area contributed by atoms with Gasteiger partial charge >= 0.3 is 6.03 Å². The molecule has 3 fully saturated rings. The molecule has 10 rings (SSSR count). The molecule has 2 unspecified atom stereocenters. The number of ether oxygens (including phenoxy) is 4. The Morgan fingerprint density at radius 3 is 2.07 bits per heavy atom. The first-order valence-electron chi connectivity index (χ1n) is 23.0. The van der Waals surface area contributed by atoms with Crippen LogP contribution in [0.5, 0.6) is 11.5 Å². The van der Waals surface area contributed by atoms with Crippen molar-refractivity contribution < 1.29 is 36.9 Å². The summed E-state index contributed by atoms with van der Waals surface area (Å²) in [4.78, 5) is 36.6. The van der Waals surface area contributed by atoms with Gasteiger partial charge in [0.15, 0.2) is 17.9 Å². The summed E-state index contributed by atoms with van der Waals surface area (Å²) in [6.07, 6.45) is 5.44. The van der Waals surface area contributed by atoms with Gasteiger partial charge in [-0.3, -0.25) is 9.88 Å². The van der Waals surface area contributed by atoms with Crippen LogP contribution in [-0.2, 0) is 27.2 Å². The van der Waals surface area contributed by atoms with Crippen molar-refractivity contribution in [3.05, 3.63) is 180 Å². The molecule has 3 aromatic heterocycles. The Bertz CT molecular complexity index is 2930. The summed E-state index contributed by atoms with van der Waals surface area (Å²) in [6.45, 7) is 7.07. The zero-order valence-corrected chi connectivity index (χ0v) is 38.7. The van der Waals surface area contributed by atoms with E-state index in [1.165, 1.54) is 48.7 Å². The minimum absolute atomic E-state index is 0.000490. The Morgan fingerprint density at radius 1 is 0.800 bits per heavy atom. The number of amides is 2. The predicted molar refractivity (Wildman–Crippen MR) is 256 cm³/mol. The normalized spacial score (nSPS) is 21.5. The fourth-order valence-electron chi connectivity index (χ4n) is 10.1. The van der Waals surface area contributed by atoms with E-state index >= 15 is 9.18 Å². The molecule has 0 bridgehead atoms. The number of benzene rings is 4. The van der Waals surface area contributed by atoms with E-state index in [0.717, 1.165) is 49.2 Å². The molecule has 0 aliphatic carbocycles. The van der Waals surface area contributed by atoms with Crippen LogP contribution in [0.15, 0.2) is 140 Å². The van der Waals surface area contributed by atoms with Crippen LogP contribution in [0, 0.1) is 17.5 Å². The molecule has 3 aliphatic heterocycles. The van der Waals surface area contributed by atoms with Gasteiger partial charge in [0, 0.05) is 73.3 Å². The minimum atomic E-state index is -1.28. The number of anilines is 4. The fourth-order valence-corrected chi connectivity index (χ4v) is 10.1. The third kappa shape index (κ3) is 8.46. The van der Waals surface area contributed by atoms with Gasteiger partial charge in [-0.15, -0.1) is 0 Å². The highest BCUT2D eigenvalue weighted by Crippen LogP contribution is 2.56. The number of aromatic nitrogens is 5. The molecule has 7 aromatic rings. The summed E-state index contributed by atoms with van der Waals surface area (Å²) in [6, 6.07) is 31.5. The van der Waals surface area contributed by atoms with E-state index in [0.29, 0.717) is 28.4 Å². The van der Waals surface area contributed by atoms with Gasteiger partial charge in [-0.25, -0.2) is 32.6 Å². The number of piperazine rings is 1. The van der Waals surface area contributed by atoms with Crippen molar-refractivity contribution in [3.8, 4) is 11.5 Å². The topological polar surface area (TPSA) is 149 Å². The van der Waals surface area contributed by atoms with E-state index in [1.54, 1.807) is 35.5 Å². The number of urea groups is 1. The first kappa shape index (κ1) is 46.1. The van der Waals surface area contributed by atoms with Crippen LogP contribution in [0.25, 0.3) is 0 Å². The van der Waals surface area contributed by atoms with Crippen LogP contribution in [0.1, 0.15) is 42.3 Å². The number of nitrogens with zero attached hydrogens (tertiary/aromatic N) is 9. The number of nitrogen functional groups attached to an aromatic ring is 1. The molecular formula is C52H51F3N10O5. The van der Waals surface area contributed by atoms with E-state index < -0.39 is 40.9 Å². The van der Waals surface area contributed by atoms with Crippen molar-refractivity contribution >= 4 is 28.9 Å². The second kappa shape index (κ2) is 19.0. The molecule has 360 valence electrons. The van der Waals surface area contributed by atoms with Crippen LogP contribution < -0.4 is 29.9 Å². The Balaban J connectivity index is 0.836. The zero-order chi connectivity index (χ0) is 48.6. The summed E-state index contributed by atoms with van der Waals surface area (Å²) >= 11 is 0. The smallest absolute Gasteiger partial charge is 0.326 e. The molecule has 3 aliphatic rings. The van der Waals surface area contributed by atoms with Gasteiger partial charge in [-0.05, 0) is 116 Å². The fraction of sp³-hybridized carbons (Fsp3) is 0.288.